The predicted molar refractivity (Wildman–Crippen MR) is 92.5 cm³/mol. The Morgan fingerprint density at radius 3 is 2.73 bits per heavy atom. The predicted octanol–water partition coefficient (Wildman–Crippen LogP) is 4.20. The number of amides is 1. The van der Waals surface area contributed by atoms with Crippen molar-refractivity contribution in [3.63, 3.8) is 0 Å². The highest BCUT2D eigenvalue weighted by Crippen LogP contribution is 2.23. The zero-order chi connectivity index (χ0) is 16.4. The Balaban J connectivity index is 3.23. The molecule has 0 radical (unpaired) electrons. The second-order valence-electron chi connectivity index (χ2n) is 4.26. The standard InChI is InChI=1S/C19H19NO2/c1-5-10-16(7-3)13-14-17-11-8-9-12-18(17)20(15-6-2)19(21)22-4/h2,5,7-14H,1,3,15H2,4H3/b14-13+,16-10+. The monoisotopic (exact) mass is 293 g/mol. The maximum atomic E-state index is 11.9. The summed E-state index contributed by atoms with van der Waals surface area (Å²) in [5.74, 6) is 2.47. The van der Waals surface area contributed by atoms with Crippen molar-refractivity contribution < 1.29 is 9.53 Å². The van der Waals surface area contributed by atoms with Crippen molar-refractivity contribution in [3.8, 4) is 12.3 Å². The van der Waals surface area contributed by atoms with Gasteiger partial charge in [0.2, 0.25) is 0 Å². The number of terminal acetylenes is 1. The minimum atomic E-state index is -0.496. The summed E-state index contributed by atoms with van der Waals surface area (Å²) in [6.45, 7) is 7.53. The summed E-state index contributed by atoms with van der Waals surface area (Å²) in [5.41, 5.74) is 2.44. The van der Waals surface area contributed by atoms with Gasteiger partial charge in [-0.05, 0) is 17.2 Å². The van der Waals surface area contributed by atoms with Gasteiger partial charge in [-0.2, -0.15) is 0 Å². The molecule has 0 spiro atoms. The summed E-state index contributed by atoms with van der Waals surface area (Å²) in [5, 5.41) is 0. The lowest BCUT2D eigenvalue weighted by Crippen LogP contribution is -2.31. The van der Waals surface area contributed by atoms with E-state index >= 15 is 0 Å². The molecule has 0 fully saturated rings. The zero-order valence-corrected chi connectivity index (χ0v) is 12.7. The van der Waals surface area contributed by atoms with Crippen LogP contribution in [0.15, 0.2) is 67.3 Å². The molecule has 0 saturated heterocycles. The highest BCUT2D eigenvalue weighted by Gasteiger charge is 2.16. The van der Waals surface area contributed by atoms with E-state index in [1.54, 1.807) is 12.2 Å². The SMILES string of the molecule is C#CCN(C(=O)OC)c1ccccc1/C=C/C(C=C)=C/C=C. The fourth-order valence-electron chi connectivity index (χ4n) is 1.84. The fraction of sp³-hybridized carbons (Fsp3) is 0.105. The van der Waals surface area contributed by atoms with Crippen molar-refractivity contribution in [2.75, 3.05) is 18.6 Å². The average Bonchev–Trinajstić information content (AvgIpc) is 2.56. The van der Waals surface area contributed by atoms with Crippen LogP contribution in [0.5, 0.6) is 0 Å². The number of anilines is 1. The Morgan fingerprint density at radius 2 is 2.14 bits per heavy atom. The molecule has 1 aromatic rings. The number of carbonyl (C=O) groups excluding carboxylic acids is 1. The van der Waals surface area contributed by atoms with E-state index in [1.807, 2.05) is 42.5 Å². The quantitative estimate of drug-likeness (QED) is 0.581. The Hall–Kier alpha value is -2.99. The summed E-state index contributed by atoms with van der Waals surface area (Å²) < 4.78 is 4.79. The summed E-state index contributed by atoms with van der Waals surface area (Å²) in [6, 6.07) is 7.44. The van der Waals surface area contributed by atoms with Crippen molar-refractivity contribution >= 4 is 17.9 Å². The normalized spacial score (nSPS) is 10.8. The molecule has 1 amide bonds. The Labute approximate surface area is 131 Å². The van der Waals surface area contributed by atoms with Crippen LogP contribution in [-0.4, -0.2) is 19.7 Å². The van der Waals surface area contributed by atoms with E-state index < -0.39 is 6.09 Å². The van der Waals surface area contributed by atoms with Gasteiger partial charge in [0.1, 0.15) is 0 Å². The number of methoxy groups -OCH3 is 1. The second kappa shape index (κ2) is 9.04. The highest BCUT2D eigenvalue weighted by molar-refractivity contribution is 5.91. The molecule has 0 aromatic heterocycles. The summed E-state index contributed by atoms with van der Waals surface area (Å²) in [7, 11) is 1.33. The van der Waals surface area contributed by atoms with Crippen LogP contribution in [0.3, 0.4) is 0 Å². The molecule has 0 aliphatic carbocycles. The number of nitrogens with zero attached hydrogens (tertiary/aromatic N) is 1. The molecular formula is C19H19NO2. The molecule has 112 valence electrons. The van der Waals surface area contributed by atoms with Crippen LogP contribution in [0.1, 0.15) is 5.56 Å². The molecule has 3 heteroatoms. The average molecular weight is 293 g/mol. The van der Waals surface area contributed by atoms with Crippen molar-refractivity contribution in [2.45, 2.75) is 0 Å². The van der Waals surface area contributed by atoms with E-state index in [9.17, 15) is 4.79 Å². The fourth-order valence-corrected chi connectivity index (χ4v) is 1.84. The third kappa shape index (κ3) is 4.53. The van der Waals surface area contributed by atoms with E-state index in [4.69, 9.17) is 11.2 Å². The summed E-state index contributed by atoms with van der Waals surface area (Å²) >= 11 is 0. The molecular weight excluding hydrogens is 274 g/mol. The Morgan fingerprint density at radius 1 is 1.41 bits per heavy atom. The van der Waals surface area contributed by atoms with Crippen LogP contribution in [0.25, 0.3) is 6.08 Å². The molecule has 0 bridgehead atoms. The van der Waals surface area contributed by atoms with Gasteiger partial charge >= 0.3 is 6.09 Å². The first kappa shape index (κ1) is 17.1. The molecule has 0 aliphatic heterocycles. The molecule has 0 aliphatic rings. The number of rotatable bonds is 6. The molecule has 22 heavy (non-hydrogen) atoms. The van der Waals surface area contributed by atoms with Crippen molar-refractivity contribution in [3.05, 3.63) is 72.9 Å². The maximum Gasteiger partial charge on any atom is 0.414 e. The number of allylic oxidation sites excluding steroid dienone is 5. The first-order valence-electron chi connectivity index (χ1n) is 6.69. The van der Waals surface area contributed by atoms with Crippen molar-refractivity contribution in [1.29, 1.82) is 0 Å². The molecule has 0 unspecified atom stereocenters. The largest absolute Gasteiger partial charge is 0.452 e. The van der Waals surface area contributed by atoms with Crippen LogP contribution < -0.4 is 4.90 Å². The van der Waals surface area contributed by atoms with Gasteiger partial charge in [0.25, 0.3) is 0 Å². The van der Waals surface area contributed by atoms with Gasteiger partial charge in [0.05, 0.1) is 19.3 Å². The lowest BCUT2D eigenvalue weighted by Gasteiger charge is -2.20. The van der Waals surface area contributed by atoms with E-state index in [1.165, 1.54) is 12.0 Å². The topological polar surface area (TPSA) is 29.5 Å². The van der Waals surface area contributed by atoms with Crippen LogP contribution in [0.2, 0.25) is 0 Å². The van der Waals surface area contributed by atoms with Crippen LogP contribution in [0, 0.1) is 12.3 Å². The summed E-state index contributed by atoms with van der Waals surface area (Å²) in [4.78, 5) is 13.3. The molecule has 3 nitrogen and oxygen atoms in total. The van der Waals surface area contributed by atoms with Gasteiger partial charge in [-0.25, -0.2) is 4.79 Å². The Bertz CT molecular complexity index is 648. The van der Waals surface area contributed by atoms with E-state index in [0.717, 1.165) is 11.1 Å². The first-order valence-corrected chi connectivity index (χ1v) is 6.69. The number of ether oxygens (including phenoxy) is 1. The molecule has 0 saturated carbocycles. The number of para-hydroxylation sites is 1. The van der Waals surface area contributed by atoms with Crippen LogP contribution in [-0.2, 0) is 4.74 Å². The highest BCUT2D eigenvalue weighted by atomic mass is 16.5. The number of benzene rings is 1. The van der Waals surface area contributed by atoms with Gasteiger partial charge in [-0.1, -0.05) is 67.7 Å². The summed E-state index contributed by atoms with van der Waals surface area (Å²) in [6.07, 6.45) is 13.9. The van der Waals surface area contributed by atoms with E-state index in [0.29, 0.717) is 5.69 Å². The van der Waals surface area contributed by atoms with Crippen LogP contribution in [0.4, 0.5) is 10.5 Å². The van der Waals surface area contributed by atoms with Gasteiger partial charge in [0.15, 0.2) is 0 Å². The third-order valence-corrected chi connectivity index (χ3v) is 2.87. The minimum Gasteiger partial charge on any atom is -0.452 e. The molecule has 0 N–H and O–H groups in total. The second-order valence-corrected chi connectivity index (χ2v) is 4.26. The van der Waals surface area contributed by atoms with Crippen molar-refractivity contribution in [2.24, 2.45) is 0 Å². The van der Waals surface area contributed by atoms with E-state index in [2.05, 4.69) is 19.1 Å². The Kier molecular flexibility index (Phi) is 7.01. The van der Waals surface area contributed by atoms with Gasteiger partial charge in [-0.15, -0.1) is 6.42 Å². The number of carbonyl (C=O) groups is 1. The van der Waals surface area contributed by atoms with Gasteiger partial charge in [-0.3, -0.25) is 4.90 Å². The smallest absolute Gasteiger partial charge is 0.414 e. The van der Waals surface area contributed by atoms with Crippen LogP contribution >= 0.6 is 0 Å². The minimum absolute atomic E-state index is 0.133. The number of hydrogen-bond acceptors (Lipinski definition) is 2. The zero-order valence-electron chi connectivity index (χ0n) is 12.7. The molecule has 0 heterocycles. The van der Waals surface area contributed by atoms with Gasteiger partial charge in [0, 0.05) is 0 Å². The lowest BCUT2D eigenvalue weighted by atomic mass is 10.1. The molecule has 1 aromatic carbocycles. The van der Waals surface area contributed by atoms with E-state index in [-0.39, 0.29) is 6.54 Å². The molecule has 1 rings (SSSR count). The maximum absolute atomic E-state index is 11.9. The first-order chi connectivity index (χ1) is 10.7. The number of hydrogen-bond donors (Lipinski definition) is 0. The third-order valence-electron chi connectivity index (χ3n) is 2.87. The molecule has 0 atom stereocenters. The van der Waals surface area contributed by atoms with Gasteiger partial charge < -0.3 is 4.74 Å². The van der Waals surface area contributed by atoms with Crippen molar-refractivity contribution in [1.82, 2.24) is 0 Å². The lowest BCUT2D eigenvalue weighted by molar-refractivity contribution is 0.179.